The van der Waals surface area contributed by atoms with Gasteiger partial charge in [-0.25, -0.2) is 8.42 Å². The van der Waals surface area contributed by atoms with E-state index in [4.69, 9.17) is 0 Å². The molecule has 0 spiro atoms. The number of hydrogen-bond donors (Lipinski definition) is 0. The molecule has 1 aliphatic carbocycles. The molecule has 0 N–H and O–H groups in total. The maximum atomic E-state index is 12.6. The fourth-order valence-corrected chi connectivity index (χ4v) is 4.42. The van der Waals surface area contributed by atoms with Gasteiger partial charge in [0, 0.05) is 26.2 Å². The van der Waals surface area contributed by atoms with Crippen LogP contribution in [-0.2, 0) is 14.8 Å². The molecule has 0 bridgehead atoms. The van der Waals surface area contributed by atoms with Crippen LogP contribution in [-0.4, -0.2) is 56.5 Å². The number of likely N-dealkylation sites (N-methyl/N-ethyl adjacent to an activating group) is 2. The Morgan fingerprint density at radius 2 is 1.62 bits per heavy atom. The van der Waals surface area contributed by atoms with Crippen LogP contribution >= 0.6 is 0 Å². The van der Waals surface area contributed by atoms with Gasteiger partial charge in [0.05, 0.1) is 11.4 Å². The molecule has 0 aromatic heterocycles. The van der Waals surface area contributed by atoms with Gasteiger partial charge in [0.1, 0.15) is 0 Å². The summed E-state index contributed by atoms with van der Waals surface area (Å²) in [7, 11) is -0.630. The lowest BCUT2D eigenvalue weighted by molar-refractivity contribution is -0.130. The van der Waals surface area contributed by atoms with E-state index in [1.54, 1.807) is 11.9 Å². The summed E-state index contributed by atoms with van der Waals surface area (Å²) >= 11 is 0. The summed E-state index contributed by atoms with van der Waals surface area (Å²) in [6.07, 6.45) is 5.94. The Bertz CT molecular complexity index is 737. The molecule has 0 atom stereocenters. The Kier molecular flexibility index (Phi) is 6.94. The van der Waals surface area contributed by atoms with Crippen molar-refractivity contribution in [2.75, 3.05) is 27.2 Å². The first-order valence-corrected chi connectivity index (χ1v) is 10.5. The highest BCUT2D eigenvalue weighted by Gasteiger charge is 2.25. The third kappa shape index (κ3) is 5.14. The molecule has 144 valence electrons. The van der Waals surface area contributed by atoms with Crippen LogP contribution in [0.4, 0.5) is 0 Å². The molecule has 1 fully saturated rings. The fraction of sp³-hybridized carbons (Fsp3) is 0.579. The minimum absolute atomic E-state index is 0.0766. The smallest absolute Gasteiger partial charge is 0.243 e. The minimum atomic E-state index is -3.77. The number of sulfonamides is 1. The first-order valence-electron chi connectivity index (χ1n) is 9.03. The molecule has 0 radical (unpaired) electrons. The van der Waals surface area contributed by atoms with Crippen molar-refractivity contribution >= 4 is 21.7 Å². The molecule has 6 nitrogen and oxygen atoms in total. The molecule has 0 heterocycles. The zero-order valence-electron chi connectivity index (χ0n) is 15.8. The number of Topliss-reactive ketones (excluding diaryl/α,β-unsaturated/α-hetero) is 1. The van der Waals surface area contributed by atoms with E-state index in [1.807, 2.05) is 0 Å². The molecule has 0 saturated heterocycles. The second kappa shape index (κ2) is 8.77. The van der Waals surface area contributed by atoms with E-state index >= 15 is 0 Å². The highest BCUT2D eigenvalue weighted by Crippen LogP contribution is 2.24. The lowest BCUT2D eigenvalue weighted by Gasteiger charge is -2.28. The Hall–Kier alpha value is -1.73. The van der Waals surface area contributed by atoms with E-state index in [2.05, 4.69) is 0 Å². The second-order valence-electron chi connectivity index (χ2n) is 7.12. The molecule has 0 unspecified atom stereocenters. The Morgan fingerprint density at radius 1 is 1.04 bits per heavy atom. The first-order chi connectivity index (χ1) is 12.2. The van der Waals surface area contributed by atoms with Crippen LogP contribution in [0.5, 0.6) is 0 Å². The van der Waals surface area contributed by atoms with Gasteiger partial charge in [-0.05, 0) is 37.8 Å². The van der Waals surface area contributed by atoms with Crippen molar-refractivity contribution < 1.29 is 18.0 Å². The first kappa shape index (κ1) is 20.6. The van der Waals surface area contributed by atoms with Gasteiger partial charge in [0.2, 0.25) is 15.9 Å². The predicted molar refractivity (Wildman–Crippen MR) is 100 cm³/mol. The standard InChI is InChI=1S/C19H28N2O4S/c1-15(22)17-9-11-18(12-10-17)26(24,25)21(3)14-19(23)20(2)13-16-7-5-4-6-8-16/h9-12,16H,4-8,13-14H2,1-3H3. The summed E-state index contributed by atoms with van der Waals surface area (Å²) < 4.78 is 26.3. The summed E-state index contributed by atoms with van der Waals surface area (Å²) in [5.41, 5.74) is 0.454. The molecule has 1 aliphatic rings. The number of nitrogens with zero attached hydrogens (tertiary/aromatic N) is 2. The number of ketones is 1. The highest BCUT2D eigenvalue weighted by molar-refractivity contribution is 7.89. The van der Waals surface area contributed by atoms with Crippen LogP contribution in [0.15, 0.2) is 29.2 Å². The van der Waals surface area contributed by atoms with Crippen molar-refractivity contribution in [2.24, 2.45) is 5.92 Å². The van der Waals surface area contributed by atoms with Gasteiger partial charge in [-0.15, -0.1) is 0 Å². The summed E-state index contributed by atoms with van der Waals surface area (Å²) in [6, 6.07) is 5.78. The SMILES string of the molecule is CC(=O)c1ccc(S(=O)(=O)N(C)CC(=O)N(C)CC2CCCCC2)cc1. The van der Waals surface area contributed by atoms with Crippen molar-refractivity contribution in [3.05, 3.63) is 29.8 Å². The number of hydrogen-bond acceptors (Lipinski definition) is 4. The van der Waals surface area contributed by atoms with Gasteiger partial charge in [0.15, 0.2) is 5.78 Å². The minimum Gasteiger partial charge on any atom is -0.344 e. The largest absolute Gasteiger partial charge is 0.344 e. The van der Waals surface area contributed by atoms with Crippen LogP contribution in [0.25, 0.3) is 0 Å². The molecule has 26 heavy (non-hydrogen) atoms. The highest BCUT2D eigenvalue weighted by atomic mass is 32.2. The summed E-state index contributed by atoms with van der Waals surface area (Å²) in [5.74, 6) is 0.183. The van der Waals surface area contributed by atoms with Crippen LogP contribution in [0.2, 0.25) is 0 Å². The number of carbonyl (C=O) groups is 2. The van der Waals surface area contributed by atoms with Gasteiger partial charge in [-0.1, -0.05) is 31.4 Å². The maximum Gasteiger partial charge on any atom is 0.243 e. The molecule has 0 aliphatic heterocycles. The summed E-state index contributed by atoms with van der Waals surface area (Å²) in [5, 5.41) is 0. The van der Waals surface area contributed by atoms with E-state index in [0.717, 1.165) is 17.1 Å². The summed E-state index contributed by atoms with van der Waals surface area (Å²) in [6.45, 7) is 1.91. The number of carbonyl (C=O) groups excluding carboxylic acids is 2. The normalized spacial score (nSPS) is 15.8. The van der Waals surface area contributed by atoms with Gasteiger partial charge in [-0.2, -0.15) is 4.31 Å². The topological polar surface area (TPSA) is 74.8 Å². The quantitative estimate of drug-likeness (QED) is 0.681. The van der Waals surface area contributed by atoms with Crippen molar-refractivity contribution in [1.29, 1.82) is 0 Å². The van der Waals surface area contributed by atoms with Crippen LogP contribution in [0.3, 0.4) is 0 Å². The summed E-state index contributed by atoms with van der Waals surface area (Å²) in [4.78, 5) is 25.5. The third-order valence-electron chi connectivity index (χ3n) is 5.01. The fourth-order valence-electron chi connectivity index (χ4n) is 3.30. The number of benzene rings is 1. The molecule has 1 aromatic carbocycles. The molecule has 1 aromatic rings. The molecule has 7 heteroatoms. The molecular weight excluding hydrogens is 352 g/mol. The van der Waals surface area contributed by atoms with Crippen molar-refractivity contribution in [1.82, 2.24) is 9.21 Å². The average molecular weight is 381 g/mol. The van der Waals surface area contributed by atoms with Gasteiger partial charge >= 0.3 is 0 Å². The van der Waals surface area contributed by atoms with Gasteiger partial charge < -0.3 is 4.90 Å². The van der Waals surface area contributed by atoms with E-state index in [-0.39, 0.29) is 23.1 Å². The predicted octanol–water partition coefficient (Wildman–Crippen LogP) is 2.55. The van der Waals surface area contributed by atoms with E-state index in [1.165, 1.54) is 57.5 Å². The van der Waals surface area contributed by atoms with Crippen LogP contribution in [0.1, 0.15) is 49.4 Å². The third-order valence-corrected chi connectivity index (χ3v) is 6.83. The monoisotopic (exact) mass is 380 g/mol. The molecule has 2 rings (SSSR count). The van der Waals surface area contributed by atoms with E-state index in [9.17, 15) is 18.0 Å². The lowest BCUT2D eigenvalue weighted by atomic mass is 9.89. The van der Waals surface area contributed by atoms with Gasteiger partial charge in [-0.3, -0.25) is 9.59 Å². The van der Waals surface area contributed by atoms with Crippen LogP contribution in [0, 0.1) is 5.92 Å². The average Bonchev–Trinajstić information content (AvgIpc) is 2.62. The number of rotatable bonds is 7. The van der Waals surface area contributed by atoms with Crippen molar-refractivity contribution in [2.45, 2.75) is 43.9 Å². The van der Waals surface area contributed by atoms with Gasteiger partial charge in [0.25, 0.3) is 0 Å². The molecule has 1 saturated carbocycles. The van der Waals surface area contributed by atoms with E-state index in [0.29, 0.717) is 18.0 Å². The van der Waals surface area contributed by atoms with Crippen molar-refractivity contribution in [3.8, 4) is 0 Å². The maximum absolute atomic E-state index is 12.6. The second-order valence-corrected chi connectivity index (χ2v) is 9.16. The molecule has 1 amide bonds. The number of amides is 1. The molecular formula is C19H28N2O4S. The van der Waals surface area contributed by atoms with Crippen LogP contribution < -0.4 is 0 Å². The zero-order chi connectivity index (χ0) is 19.3. The lowest BCUT2D eigenvalue weighted by Crippen LogP contribution is -2.41. The van der Waals surface area contributed by atoms with Crippen molar-refractivity contribution in [3.63, 3.8) is 0 Å². The Morgan fingerprint density at radius 3 is 2.15 bits per heavy atom. The Labute approximate surface area is 156 Å². The zero-order valence-corrected chi connectivity index (χ0v) is 16.6. The van der Waals surface area contributed by atoms with E-state index < -0.39 is 10.0 Å². The Balaban J connectivity index is 1.98.